The van der Waals surface area contributed by atoms with Gasteiger partial charge in [0.2, 0.25) is 0 Å². The standard InChI is InChI=1S/C13H19NO/c1-15-13-7-4-6-11(9-13)12-5-2-3-8-14-10-12/h4,6-7,9,12,14H,2-3,5,8,10H2,1H3. The maximum absolute atomic E-state index is 5.26. The van der Waals surface area contributed by atoms with E-state index in [2.05, 4.69) is 23.5 Å². The molecule has 0 radical (unpaired) electrons. The monoisotopic (exact) mass is 205 g/mol. The molecule has 1 saturated heterocycles. The summed E-state index contributed by atoms with van der Waals surface area (Å²) < 4.78 is 5.26. The molecule has 2 heteroatoms. The van der Waals surface area contributed by atoms with E-state index in [1.54, 1.807) is 7.11 Å². The summed E-state index contributed by atoms with van der Waals surface area (Å²) in [5, 5.41) is 3.49. The van der Waals surface area contributed by atoms with Gasteiger partial charge in [0.15, 0.2) is 0 Å². The fraction of sp³-hybridized carbons (Fsp3) is 0.538. The molecule has 1 aromatic carbocycles. The molecular weight excluding hydrogens is 186 g/mol. The lowest BCUT2D eigenvalue weighted by Gasteiger charge is -2.15. The van der Waals surface area contributed by atoms with Crippen LogP contribution in [-0.2, 0) is 0 Å². The number of ether oxygens (including phenoxy) is 1. The van der Waals surface area contributed by atoms with Crippen LogP contribution >= 0.6 is 0 Å². The molecule has 1 N–H and O–H groups in total. The van der Waals surface area contributed by atoms with Gasteiger partial charge in [-0.15, -0.1) is 0 Å². The van der Waals surface area contributed by atoms with Crippen LogP contribution in [0.1, 0.15) is 30.7 Å². The summed E-state index contributed by atoms with van der Waals surface area (Å²) in [5.74, 6) is 1.62. The van der Waals surface area contributed by atoms with Gasteiger partial charge in [-0.05, 0) is 43.0 Å². The smallest absolute Gasteiger partial charge is 0.119 e. The number of benzene rings is 1. The van der Waals surface area contributed by atoms with Crippen LogP contribution in [0.25, 0.3) is 0 Å². The molecule has 82 valence electrons. The molecule has 2 nitrogen and oxygen atoms in total. The van der Waals surface area contributed by atoms with E-state index in [-0.39, 0.29) is 0 Å². The van der Waals surface area contributed by atoms with E-state index in [0.717, 1.165) is 12.3 Å². The zero-order valence-electron chi connectivity index (χ0n) is 9.33. The van der Waals surface area contributed by atoms with Gasteiger partial charge in [0.1, 0.15) is 5.75 Å². The van der Waals surface area contributed by atoms with Gasteiger partial charge in [-0.3, -0.25) is 0 Å². The third-order valence-electron chi connectivity index (χ3n) is 3.11. The molecule has 1 aromatic rings. The number of nitrogens with one attached hydrogen (secondary N) is 1. The fourth-order valence-corrected chi connectivity index (χ4v) is 2.20. The first-order valence-corrected chi connectivity index (χ1v) is 5.75. The minimum absolute atomic E-state index is 0.655. The highest BCUT2D eigenvalue weighted by molar-refractivity contribution is 5.31. The quantitative estimate of drug-likeness (QED) is 0.801. The molecule has 0 aliphatic carbocycles. The Morgan fingerprint density at radius 1 is 1.33 bits per heavy atom. The lowest BCUT2D eigenvalue weighted by atomic mass is 9.94. The van der Waals surface area contributed by atoms with Crippen molar-refractivity contribution in [2.45, 2.75) is 25.2 Å². The summed E-state index contributed by atoms with van der Waals surface area (Å²) in [7, 11) is 1.73. The molecule has 0 saturated carbocycles. The van der Waals surface area contributed by atoms with Crippen molar-refractivity contribution < 1.29 is 4.74 Å². The van der Waals surface area contributed by atoms with E-state index in [9.17, 15) is 0 Å². The Hall–Kier alpha value is -1.02. The minimum Gasteiger partial charge on any atom is -0.497 e. The summed E-state index contributed by atoms with van der Waals surface area (Å²) >= 11 is 0. The Bertz CT molecular complexity index is 303. The highest BCUT2D eigenvalue weighted by Crippen LogP contribution is 2.25. The largest absolute Gasteiger partial charge is 0.497 e. The second-order valence-electron chi connectivity index (χ2n) is 4.17. The summed E-state index contributed by atoms with van der Waals surface area (Å²) in [4.78, 5) is 0. The average Bonchev–Trinajstić information content (AvgIpc) is 2.58. The molecule has 0 spiro atoms. The van der Waals surface area contributed by atoms with Crippen LogP contribution in [0.5, 0.6) is 5.75 Å². The fourth-order valence-electron chi connectivity index (χ4n) is 2.20. The molecule has 1 heterocycles. The van der Waals surface area contributed by atoms with Gasteiger partial charge in [0.25, 0.3) is 0 Å². The molecule has 0 aromatic heterocycles. The summed E-state index contributed by atoms with van der Waals surface area (Å²) in [6, 6.07) is 8.46. The van der Waals surface area contributed by atoms with Crippen molar-refractivity contribution in [3.63, 3.8) is 0 Å². The second-order valence-corrected chi connectivity index (χ2v) is 4.17. The molecule has 1 fully saturated rings. The minimum atomic E-state index is 0.655. The maximum Gasteiger partial charge on any atom is 0.119 e. The van der Waals surface area contributed by atoms with E-state index in [1.165, 1.54) is 31.4 Å². The highest BCUT2D eigenvalue weighted by Gasteiger charge is 2.14. The first-order chi connectivity index (χ1) is 7.40. The van der Waals surface area contributed by atoms with Crippen LogP contribution < -0.4 is 10.1 Å². The zero-order valence-corrected chi connectivity index (χ0v) is 9.33. The van der Waals surface area contributed by atoms with E-state index in [0.29, 0.717) is 5.92 Å². The van der Waals surface area contributed by atoms with E-state index in [4.69, 9.17) is 4.74 Å². The molecule has 1 atom stereocenters. The lowest BCUT2D eigenvalue weighted by Crippen LogP contribution is -2.19. The summed E-state index contributed by atoms with van der Waals surface area (Å²) in [6.45, 7) is 2.27. The van der Waals surface area contributed by atoms with Crippen LogP contribution in [-0.4, -0.2) is 20.2 Å². The van der Waals surface area contributed by atoms with Crippen LogP contribution in [0, 0.1) is 0 Å². The van der Waals surface area contributed by atoms with Crippen molar-refractivity contribution in [1.29, 1.82) is 0 Å². The molecule has 1 unspecified atom stereocenters. The zero-order chi connectivity index (χ0) is 10.5. The van der Waals surface area contributed by atoms with Gasteiger partial charge in [0, 0.05) is 6.54 Å². The number of methoxy groups -OCH3 is 1. The average molecular weight is 205 g/mol. The van der Waals surface area contributed by atoms with E-state index < -0.39 is 0 Å². The number of hydrogen-bond acceptors (Lipinski definition) is 2. The topological polar surface area (TPSA) is 21.3 Å². The summed E-state index contributed by atoms with van der Waals surface area (Å²) in [5.41, 5.74) is 1.41. The first kappa shape index (κ1) is 10.5. The highest BCUT2D eigenvalue weighted by atomic mass is 16.5. The summed E-state index contributed by atoms with van der Waals surface area (Å²) in [6.07, 6.45) is 3.93. The Kier molecular flexibility index (Phi) is 3.62. The predicted molar refractivity (Wildman–Crippen MR) is 62.5 cm³/mol. The normalized spacial score (nSPS) is 22.1. The predicted octanol–water partition coefficient (Wildman–Crippen LogP) is 2.55. The Morgan fingerprint density at radius 2 is 2.27 bits per heavy atom. The van der Waals surface area contributed by atoms with Crippen molar-refractivity contribution in [2.75, 3.05) is 20.2 Å². The van der Waals surface area contributed by atoms with Gasteiger partial charge in [0.05, 0.1) is 7.11 Å². The molecule has 1 aliphatic heterocycles. The SMILES string of the molecule is COc1cccc(C2CCCCNC2)c1. The Morgan fingerprint density at radius 3 is 3.13 bits per heavy atom. The van der Waals surface area contributed by atoms with E-state index in [1.807, 2.05) is 6.07 Å². The van der Waals surface area contributed by atoms with Crippen LogP contribution in [0.4, 0.5) is 0 Å². The molecule has 15 heavy (non-hydrogen) atoms. The Labute approximate surface area is 91.6 Å². The van der Waals surface area contributed by atoms with Gasteiger partial charge in [-0.2, -0.15) is 0 Å². The number of hydrogen-bond donors (Lipinski definition) is 1. The maximum atomic E-state index is 5.26. The third kappa shape index (κ3) is 2.72. The molecule has 1 aliphatic rings. The molecule has 0 bridgehead atoms. The third-order valence-corrected chi connectivity index (χ3v) is 3.11. The van der Waals surface area contributed by atoms with Gasteiger partial charge >= 0.3 is 0 Å². The van der Waals surface area contributed by atoms with Gasteiger partial charge < -0.3 is 10.1 Å². The van der Waals surface area contributed by atoms with Crippen molar-refractivity contribution in [2.24, 2.45) is 0 Å². The lowest BCUT2D eigenvalue weighted by molar-refractivity contribution is 0.413. The van der Waals surface area contributed by atoms with Gasteiger partial charge in [-0.25, -0.2) is 0 Å². The van der Waals surface area contributed by atoms with Crippen LogP contribution in [0.2, 0.25) is 0 Å². The van der Waals surface area contributed by atoms with Crippen molar-refractivity contribution >= 4 is 0 Å². The second kappa shape index (κ2) is 5.17. The van der Waals surface area contributed by atoms with Crippen molar-refractivity contribution in [3.8, 4) is 5.75 Å². The molecular formula is C13H19NO. The first-order valence-electron chi connectivity index (χ1n) is 5.75. The molecule has 2 rings (SSSR count). The number of rotatable bonds is 2. The van der Waals surface area contributed by atoms with Crippen molar-refractivity contribution in [1.82, 2.24) is 5.32 Å². The van der Waals surface area contributed by atoms with Crippen LogP contribution in [0.3, 0.4) is 0 Å². The van der Waals surface area contributed by atoms with Gasteiger partial charge in [-0.1, -0.05) is 18.6 Å². The van der Waals surface area contributed by atoms with Crippen LogP contribution in [0.15, 0.2) is 24.3 Å². The van der Waals surface area contributed by atoms with E-state index >= 15 is 0 Å². The Balaban J connectivity index is 2.12. The molecule has 0 amide bonds. The van der Waals surface area contributed by atoms with Crippen molar-refractivity contribution in [3.05, 3.63) is 29.8 Å².